The van der Waals surface area contributed by atoms with Crippen LogP contribution >= 0.6 is 15.9 Å². The summed E-state index contributed by atoms with van der Waals surface area (Å²) >= 11 is 3.37. The number of halogens is 1. The molecule has 0 bridgehead atoms. The second-order valence-electron chi connectivity index (χ2n) is 7.90. The third-order valence-electron chi connectivity index (χ3n) is 5.64. The maximum absolute atomic E-state index is 13.6. The Morgan fingerprint density at radius 3 is 2.47 bits per heavy atom. The van der Waals surface area contributed by atoms with E-state index in [0.717, 1.165) is 22.0 Å². The summed E-state index contributed by atoms with van der Waals surface area (Å²) in [6.45, 7) is 3.21. The minimum atomic E-state index is -3.88. The number of aromatic nitrogens is 1. The maximum atomic E-state index is 13.6. The molecule has 0 fully saturated rings. The van der Waals surface area contributed by atoms with Crippen LogP contribution in [0, 0.1) is 6.92 Å². The highest BCUT2D eigenvalue weighted by Gasteiger charge is 2.32. The van der Waals surface area contributed by atoms with Crippen LogP contribution in [0.1, 0.15) is 16.7 Å². The van der Waals surface area contributed by atoms with Crippen LogP contribution in [0.25, 0.3) is 11.5 Å². The molecule has 0 amide bonds. The number of oxazole rings is 1. The molecule has 1 aromatic heterocycles. The number of hydrogen-bond donors (Lipinski definition) is 0. The monoisotopic (exact) mass is 508 g/mol. The third kappa shape index (κ3) is 3.87. The van der Waals surface area contributed by atoms with Crippen molar-refractivity contribution in [1.29, 1.82) is 0 Å². The zero-order chi connectivity index (χ0) is 22.3. The first-order chi connectivity index (χ1) is 15.4. The Labute approximate surface area is 195 Å². The molecule has 162 valence electrons. The van der Waals surface area contributed by atoms with E-state index in [0.29, 0.717) is 24.9 Å². The molecule has 0 radical (unpaired) electrons. The Hall–Kier alpha value is -2.90. The van der Waals surface area contributed by atoms with Gasteiger partial charge >= 0.3 is 0 Å². The van der Waals surface area contributed by atoms with E-state index in [4.69, 9.17) is 4.42 Å². The van der Waals surface area contributed by atoms with Crippen molar-refractivity contribution in [2.45, 2.75) is 29.8 Å². The van der Waals surface area contributed by atoms with Gasteiger partial charge in [0.25, 0.3) is 0 Å². The molecule has 0 saturated heterocycles. The summed E-state index contributed by atoms with van der Waals surface area (Å²) in [7, 11) is -3.88. The fraction of sp³-hybridized carbons (Fsp3) is 0.160. The Morgan fingerprint density at radius 2 is 1.72 bits per heavy atom. The quantitative estimate of drug-likeness (QED) is 0.348. The highest BCUT2D eigenvalue weighted by molar-refractivity contribution is 9.10. The molecule has 4 aromatic rings. The molecule has 3 aromatic carbocycles. The molecule has 0 unspecified atom stereocenters. The first-order valence-electron chi connectivity index (χ1n) is 10.3. The molecule has 0 saturated carbocycles. The molecule has 1 aliphatic rings. The second kappa shape index (κ2) is 8.22. The van der Waals surface area contributed by atoms with Crippen LogP contribution in [0.15, 0.2) is 91.6 Å². The number of nitrogens with zero attached hydrogens (tertiary/aromatic N) is 2. The molecule has 1 aliphatic heterocycles. The van der Waals surface area contributed by atoms with E-state index in [-0.39, 0.29) is 9.92 Å². The Bertz CT molecular complexity index is 1390. The first-order valence-corrected chi connectivity index (χ1v) is 12.6. The molecule has 0 N–H and O–H groups in total. The van der Waals surface area contributed by atoms with E-state index in [1.54, 1.807) is 24.3 Å². The van der Waals surface area contributed by atoms with Crippen LogP contribution in [0.5, 0.6) is 0 Å². The second-order valence-corrected chi connectivity index (χ2v) is 10.7. The third-order valence-corrected chi connectivity index (χ3v) is 7.84. The fourth-order valence-electron chi connectivity index (χ4n) is 3.97. The molecule has 7 heteroatoms. The van der Waals surface area contributed by atoms with E-state index >= 15 is 0 Å². The van der Waals surface area contributed by atoms with Crippen molar-refractivity contribution in [3.63, 3.8) is 0 Å². The van der Waals surface area contributed by atoms with Gasteiger partial charge in [-0.05, 0) is 60.9 Å². The molecule has 0 aliphatic carbocycles. The number of aryl methyl sites for hydroxylation is 1. The molecule has 32 heavy (non-hydrogen) atoms. The van der Waals surface area contributed by atoms with Crippen LogP contribution in [-0.4, -0.2) is 19.9 Å². The zero-order valence-electron chi connectivity index (χ0n) is 17.5. The summed E-state index contributed by atoms with van der Waals surface area (Å²) < 4.78 is 34.2. The van der Waals surface area contributed by atoms with Crippen LogP contribution in [0.2, 0.25) is 0 Å². The minimum Gasteiger partial charge on any atom is -0.419 e. The van der Waals surface area contributed by atoms with E-state index < -0.39 is 9.84 Å². The smallest absolute Gasteiger partial charge is 0.236 e. The summed E-state index contributed by atoms with van der Waals surface area (Å²) in [5.41, 5.74) is 4.24. The summed E-state index contributed by atoms with van der Waals surface area (Å²) in [4.78, 5) is 6.67. The SMILES string of the molecule is Cc1cccc(-c2nc(S(=O)(=O)c3ccc(Br)cc3)c(N3CCc4ccccc4C3)o2)c1. The van der Waals surface area contributed by atoms with Crippen LogP contribution in [-0.2, 0) is 22.8 Å². The standard InChI is InChI=1S/C25H21BrN2O3S/c1-17-5-4-8-19(15-17)23-27-24(32(29,30)22-11-9-21(26)10-12-22)25(31-23)28-14-13-18-6-2-3-7-20(18)16-28/h2-12,15H,13-14,16H2,1H3. The molecule has 2 heterocycles. The lowest BCUT2D eigenvalue weighted by Gasteiger charge is -2.28. The summed E-state index contributed by atoms with van der Waals surface area (Å²) in [6.07, 6.45) is 0.814. The molecule has 5 rings (SSSR count). The predicted octanol–water partition coefficient (Wildman–Crippen LogP) is 5.81. The van der Waals surface area contributed by atoms with Gasteiger partial charge in [0, 0.05) is 23.1 Å². The number of fused-ring (bicyclic) bond motifs is 1. The first kappa shape index (κ1) is 21.0. The van der Waals surface area contributed by atoms with Crippen molar-refractivity contribution in [2.75, 3.05) is 11.4 Å². The van der Waals surface area contributed by atoms with E-state index in [9.17, 15) is 8.42 Å². The Kier molecular flexibility index (Phi) is 5.39. The summed E-state index contributed by atoms with van der Waals surface area (Å²) in [5, 5.41) is -0.0456. The molecular weight excluding hydrogens is 488 g/mol. The molecular formula is C25H21BrN2O3S. The average Bonchev–Trinajstić information content (AvgIpc) is 3.26. The lowest BCUT2D eigenvalue weighted by Crippen LogP contribution is -2.31. The van der Waals surface area contributed by atoms with Crippen molar-refractivity contribution >= 4 is 31.7 Å². The van der Waals surface area contributed by atoms with Gasteiger partial charge in [0.1, 0.15) is 0 Å². The van der Waals surface area contributed by atoms with Gasteiger partial charge in [-0.25, -0.2) is 8.42 Å². The van der Waals surface area contributed by atoms with Crippen molar-refractivity contribution < 1.29 is 12.8 Å². The number of benzene rings is 3. The average molecular weight is 509 g/mol. The van der Waals surface area contributed by atoms with Gasteiger partial charge in [-0.15, -0.1) is 0 Å². The van der Waals surface area contributed by atoms with Crippen LogP contribution < -0.4 is 4.90 Å². The maximum Gasteiger partial charge on any atom is 0.236 e. The normalized spacial score (nSPS) is 13.8. The Balaban J connectivity index is 1.64. The molecule has 0 atom stereocenters. The van der Waals surface area contributed by atoms with Gasteiger partial charge in [-0.3, -0.25) is 0 Å². The van der Waals surface area contributed by atoms with Gasteiger partial charge in [0.05, 0.1) is 4.90 Å². The highest BCUT2D eigenvalue weighted by Crippen LogP contribution is 2.37. The van der Waals surface area contributed by atoms with Gasteiger partial charge in [-0.1, -0.05) is 57.9 Å². The molecule has 0 spiro atoms. The minimum absolute atomic E-state index is 0.0456. The van der Waals surface area contributed by atoms with Crippen molar-refractivity contribution in [2.24, 2.45) is 0 Å². The topological polar surface area (TPSA) is 63.4 Å². The van der Waals surface area contributed by atoms with Crippen molar-refractivity contribution in [1.82, 2.24) is 4.98 Å². The largest absolute Gasteiger partial charge is 0.419 e. The van der Waals surface area contributed by atoms with Gasteiger partial charge in [0.15, 0.2) is 0 Å². The lowest BCUT2D eigenvalue weighted by molar-refractivity contribution is 0.533. The summed E-state index contributed by atoms with van der Waals surface area (Å²) in [5.74, 6) is 0.595. The number of anilines is 1. The van der Waals surface area contributed by atoms with Crippen LogP contribution in [0.4, 0.5) is 5.88 Å². The number of sulfone groups is 1. The zero-order valence-corrected chi connectivity index (χ0v) is 19.9. The summed E-state index contributed by atoms with van der Waals surface area (Å²) in [6, 6.07) is 22.5. The highest BCUT2D eigenvalue weighted by atomic mass is 79.9. The van der Waals surface area contributed by atoms with Crippen LogP contribution in [0.3, 0.4) is 0 Å². The number of hydrogen-bond acceptors (Lipinski definition) is 5. The van der Waals surface area contributed by atoms with Crippen molar-refractivity contribution in [3.8, 4) is 11.5 Å². The van der Waals surface area contributed by atoms with E-state index in [1.165, 1.54) is 11.1 Å². The van der Waals surface area contributed by atoms with E-state index in [2.05, 4.69) is 33.0 Å². The van der Waals surface area contributed by atoms with Gasteiger partial charge in [-0.2, -0.15) is 4.98 Å². The van der Waals surface area contributed by atoms with Gasteiger partial charge < -0.3 is 9.32 Å². The Morgan fingerprint density at radius 1 is 0.969 bits per heavy atom. The number of rotatable bonds is 4. The predicted molar refractivity (Wildman–Crippen MR) is 127 cm³/mol. The van der Waals surface area contributed by atoms with Gasteiger partial charge in [0.2, 0.25) is 26.6 Å². The van der Waals surface area contributed by atoms with E-state index in [1.807, 2.05) is 48.2 Å². The lowest BCUT2D eigenvalue weighted by atomic mass is 10.0. The molecule has 5 nitrogen and oxygen atoms in total. The fourth-order valence-corrected chi connectivity index (χ4v) is 5.55. The van der Waals surface area contributed by atoms with Crippen molar-refractivity contribution in [3.05, 3.63) is 94.0 Å².